The Kier molecular flexibility index (Phi) is 4.52. The molecule has 0 aliphatic carbocycles. The molecule has 0 unspecified atom stereocenters. The van der Waals surface area contributed by atoms with Crippen LogP contribution in [0.3, 0.4) is 0 Å². The van der Waals surface area contributed by atoms with E-state index in [0.717, 1.165) is 38.3 Å². The molecule has 1 saturated heterocycles. The van der Waals surface area contributed by atoms with Crippen LogP contribution in [0.4, 0.5) is 18.9 Å². The third-order valence-electron chi connectivity index (χ3n) is 2.94. The van der Waals surface area contributed by atoms with Gasteiger partial charge >= 0.3 is 6.18 Å². The molecule has 0 radical (unpaired) electrons. The van der Waals surface area contributed by atoms with Crippen molar-refractivity contribution < 1.29 is 17.9 Å². The van der Waals surface area contributed by atoms with Gasteiger partial charge in [-0.3, -0.25) is 0 Å². The predicted molar refractivity (Wildman–Crippen MR) is 67.7 cm³/mol. The van der Waals surface area contributed by atoms with Crippen molar-refractivity contribution in [2.75, 3.05) is 37.7 Å². The summed E-state index contributed by atoms with van der Waals surface area (Å²) in [7, 11) is 0. The lowest BCUT2D eigenvalue weighted by Gasteiger charge is -2.25. The first-order valence-corrected chi connectivity index (χ1v) is 6.30. The summed E-state index contributed by atoms with van der Waals surface area (Å²) < 4.78 is 41.6. The van der Waals surface area contributed by atoms with E-state index < -0.39 is 12.8 Å². The van der Waals surface area contributed by atoms with Crippen LogP contribution in [0.5, 0.6) is 5.75 Å². The van der Waals surface area contributed by atoms with Crippen molar-refractivity contribution in [3.05, 3.63) is 24.3 Å². The van der Waals surface area contributed by atoms with Crippen molar-refractivity contribution >= 4 is 5.69 Å². The monoisotopic (exact) mass is 274 g/mol. The topological polar surface area (TPSA) is 24.5 Å². The largest absolute Gasteiger partial charge is 0.482 e. The Morgan fingerprint density at radius 3 is 2.74 bits per heavy atom. The van der Waals surface area contributed by atoms with Gasteiger partial charge in [-0.25, -0.2) is 0 Å². The number of ether oxygens (including phenoxy) is 1. The van der Waals surface area contributed by atoms with Crippen LogP contribution in [0.1, 0.15) is 6.42 Å². The molecule has 1 heterocycles. The van der Waals surface area contributed by atoms with Gasteiger partial charge in [0.15, 0.2) is 6.61 Å². The van der Waals surface area contributed by atoms with Crippen molar-refractivity contribution in [1.82, 2.24) is 5.32 Å². The van der Waals surface area contributed by atoms with Crippen LogP contribution in [0, 0.1) is 0 Å². The molecule has 1 fully saturated rings. The normalized spacial score (nSPS) is 17.1. The number of hydrogen-bond acceptors (Lipinski definition) is 3. The maximum absolute atomic E-state index is 12.2. The zero-order valence-electron chi connectivity index (χ0n) is 10.5. The van der Waals surface area contributed by atoms with E-state index in [4.69, 9.17) is 4.74 Å². The smallest absolute Gasteiger partial charge is 0.422 e. The van der Waals surface area contributed by atoms with Gasteiger partial charge in [0.25, 0.3) is 0 Å². The highest BCUT2D eigenvalue weighted by Gasteiger charge is 2.29. The van der Waals surface area contributed by atoms with Crippen LogP contribution in [-0.4, -0.2) is 39.0 Å². The number of anilines is 1. The summed E-state index contributed by atoms with van der Waals surface area (Å²) in [5.41, 5.74) is 0.732. The lowest BCUT2D eigenvalue weighted by Crippen LogP contribution is -2.28. The third kappa shape index (κ3) is 4.31. The van der Waals surface area contributed by atoms with Crippen LogP contribution in [0.25, 0.3) is 0 Å². The van der Waals surface area contributed by atoms with Crippen molar-refractivity contribution in [3.63, 3.8) is 0 Å². The summed E-state index contributed by atoms with van der Waals surface area (Å²) in [5, 5.41) is 3.26. The quantitative estimate of drug-likeness (QED) is 0.916. The van der Waals surface area contributed by atoms with Crippen LogP contribution >= 0.6 is 0 Å². The molecular weight excluding hydrogens is 257 g/mol. The second-order valence-corrected chi connectivity index (χ2v) is 4.46. The van der Waals surface area contributed by atoms with Gasteiger partial charge in [-0.15, -0.1) is 0 Å². The molecule has 0 atom stereocenters. The minimum atomic E-state index is -4.31. The van der Waals surface area contributed by atoms with Gasteiger partial charge in [-0.2, -0.15) is 13.2 Å². The molecule has 1 aromatic rings. The maximum atomic E-state index is 12.2. The lowest BCUT2D eigenvalue weighted by atomic mass is 10.2. The number of rotatable bonds is 3. The Morgan fingerprint density at radius 2 is 1.95 bits per heavy atom. The molecule has 1 aromatic carbocycles. The molecule has 0 saturated carbocycles. The van der Waals surface area contributed by atoms with E-state index in [1.54, 1.807) is 18.2 Å². The molecule has 1 aliphatic heterocycles. The zero-order valence-corrected chi connectivity index (χ0v) is 10.5. The van der Waals surface area contributed by atoms with Crippen LogP contribution < -0.4 is 15.0 Å². The number of benzene rings is 1. The van der Waals surface area contributed by atoms with E-state index >= 15 is 0 Å². The van der Waals surface area contributed by atoms with Gasteiger partial charge in [0.2, 0.25) is 0 Å². The van der Waals surface area contributed by atoms with E-state index in [2.05, 4.69) is 10.2 Å². The fourth-order valence-corrected chi connectivity index (χ4v) is 2.09. The Hall–Kier alpha value is -1.43. The molecule has 1 aliphatic rings. The Labute approximate surface area is 110 Å². The minimum absolute atomic E-state index is 0.293. The van der Waals surface area contributed by atoms with Gasteiger partial charge in [0, 0.05) is 19.6 Å². The van der Waals surface area contributed by atoms with Crippen molar-refractivity contribution in [3.8, 4) is 5.75 Å². The Morgan fingerprint density at radius 1 is 1.16 bits per heavy atom. The lowest BCUT2D eigenvalue weighted by molar-refractivity contribution is -0.153. The van der Waals surface area contributed by atoms with Gasteiger partial charge in [0.05, 0.1) is 5.69 Å². The van der Waals surface area contributed by atoms with E-state index in [1.165, 1.54) is 0 Å². The molecule has 19 heavy (non-hydrogen) atoms. The van der Waals surface area contributed by atoms with Gasteiger partial charge in [-0.1, -0.05) is 12.1 Å². The van der Waals surface area contributed by atoms with Crippen molar-refractivity contribution in [1.29, 1.82) is 0 Å². The number of para-hydroxylation sites is 2. The Bertz CT molecular complexity index is 401. The average Bonchev–Trinajstić information content (AvgIpc) is 2.64. The molecule has 106 valence electrons. The molecule has 0 aromatic heterocycles. The summed E-state index contributed by atoms with van der Waals surface area (Å²) >= 11 is 0. The first-order valence-electron chi connectivity index (χ1n) is 6.30. The van der Waals surface area contributed by atoms with Gasteiger partial charge in [0.1, 0.15) is 5.75 Å². The standard InChI is InChI=1S/C13H17F3N2O/c14-13(15,16)10-19-12-5-2-1-4-11(12)18-8-3-6-17-7-9-18/h1-2,4-5,17H,3,6-10H2. The number of nitrogens with one attached hydrogen (secondary N) is 1. The molecule has 6 heteroatoms. The van der Waals surface area contributed by atoms with Gasteiger partial charge in [-0.05, 0) is 25.1 Å². The highest BCUT2D eigenvalue weighted by Crippen LogP contribution is 2.29. The van der Waals surface area contributed by atoms with Crippen LogP contribution in [-0.2, 0) is 0 Å². The van der Waals surface area contributed by atoms with E-state index in [-0.39, 0.29) is 0 Å². The average molecular weight is 274 g/mol. The molecule has 1 N–H and O–H groups in total. The molecule has 0 amide bonds. The SMILES string of the molecule is FC(F)(F)COc1ccccc1N1CCCNCC1. The van der Waals surface area contributed by atoms with Crippen molar-refractivity contribution in [2.45, 2.75) is 12.6 Å². The van der Waals surface area contributed by atoms with Crippen LogP contribution in [0.15, 0.2) is 24.3 Å². The first-order chi connectivity index (χ1) is 9.06. The minimum Gasteiger partial charge on any atom is -0.482 e. The number of hydrogen-bond donors (Lipinski definition) is 1. The third-order valence-corrected chi connectivity index (χ3v) is 2.94. The second-order valence-electron chi connectivity index (χ2n) is 4.46. The number of alkyl halides is 3. The first kappa shape index (κ1) is 14.0. The summed E-state index contributed by atoms with van der Waals surface area (Å²) in [6, 6.07) is 6.88. The highest BCUT2D eigenvalue weighted by molar-refractivity contribution is 5.58. The highest BCUT2D eigenvalue weighted by atomic mass is 19.4. The molecule has 3 nitrogen and oxygen atoms in total. The molecular formula is C13H17F3N2O. The Balaban J connectivity index is 2.10. The number of halogens is 3. The van der Waals surface area contributed by atoms with Crippen LogP contribution in [0.2, 0.25) is 0 Å². The predicted octanol–water partition coefficient (Wildman–Crippen LogP) is 2.43. The second kappa shape index (κ2) is 6.14. The summed E-state index contributed by atoms with van der Waals surface area (Å²) in [6.45, 7) is 2.09. The fourth-order valence-electron chi connectivity index (χ4n) is 2.09. The molecule has 0 spiro atoms. The maximum Gasteiger partial charge on any atom is 0.422 e. The van der Waals surface area contributed by atoms with Crippen molar-refractivity contribution in [2.24, 2.45) is 0 Å². The number of nitrogens with zero attached hydrogens (tertiary/aromatic N) is 1. The molecule has 0 bridgehead atoms. The van der Waals surface area contributed by atoms with Gasteiger partial charge < -0.3 is 15.0 Å². The molecule has 2 rings (SSSR count). The summed E-state index contributed by atoms with van der Waals surface area (Å²) in [5.74, 6) is 0.293. The van der Waals surface area contributed by atoms with E-state index in [1.807, 2.05) is 6.07 Å². The summed E-state index contributed by atoms with van der Waals surface area (Å²) in [6.07, 6.45) is -3.35. The van der Waals surface area contributed by atoms with E-state index in [9.17, 15) is 13.2 Å². The fraction of sp³-hybridized carbons (Fsp3) is 0.538. The summed E-state index contributed by atoms with van der Waals surface area (Å²) in [4.78, 5) is 2.06. The van der Waals surface area contributed by atoms with E-state index in [0.29, 0.717) is 5.75 Å². The zero-order chi connectivity index (χ0) is 13.7.